The van der Waals surface area contributed by atoms with Crippen LogP contribution in [-0.4, -0.2) is 37.0 Å². The van der Waals surface area contributed by atoms with E-state index in [9.17, 15) is 4.79 Å². The molecule has 1 amide bonds. The van der Waals surface area contributed by atoms with Gasteiger partial charge in [0.15, 0.2) is 0 Å². The first-order valence-corrected chi connectivity index (χ1v) is 5.02. The van der Waals surface area contributed by atoms with Gasteiger partial charge in [-0.3, -0.25) is 4.79 Å². The zero-order chi connectivity index (χ0) is 9.64. The Hall–Kier alpha value is -0.570. The van der Waals surface area contributed by atoms with Crippen LogP contribution in [0.1, 0.15) is 20.3 Å². The van der Waals surface area contributed by atoms with E-state index in [0.29, 0.717) is 11.3 Å². The van der Waals surface area contributed by atoms with Crippen molar-refractivity contribution in [2.24, 2.45) is 11.3 Å². The van der Waals surface area contributed by atoms with E-state index in [1.54, 1.807) is 0 Å². The predicted octanol–water partition coefficient (Wildman–Crippen LogP) is 0.463. The highest BCUT2D eigenvalue weighted by Gasteiger charge is 2.63. The van der Waals surface area contributed by atoms with E-state index in [4.69, 9.17) is 0 Å². The fraction of sp³-hybridized carbons (Fsp3) is 0.900. The van der Waals surface area contributed by atoms with E-state index in [0.717, 1.165) is 19.5 Å². The molecule has 74 valence electrons. The molecule has 1 saturated heterocycles. The van der Waals surface area contributed by atoms with Crippen LogP contribution in [0, 0.1) is 11.3 Å². The number of nitrogens with zero attached hydrogens (tertiary/aromatic N) is 1. The molecule has 1 spiro atoms. The summed E-state index contributed by atoms with van der Waals surface area (Å²) < 4.78 is 0. The first-order chi connectivity index (χ1) is 6.03. The van der Waals surface area contributed by atoms with Gasteiger partial charge in [0, 0.05) is 30.5 Å². The summed E-state index contributed by atoms with van der Waals surface area (Å²) in [7, 11) is 2.11. The summed E-state index contributed by atoms with van der Waals surface area (Å²) in [5, 5.41) is 2.99. The van der Waals surface area contributed by atoms with Gasteiger partial charge in [0.05, 0.1) is 0 Å². The number of amides is 1. The van der Waals surface area contributed by atoms with Crippen LogP contribution in [0.2, 0.25) is 0 Å². The van der Waals surface area contributed by atoms with Gasteiger partial charge < -0.3 is 10.2 Å². The van der Waals surface area contributed by atoms with Crippen molar-refractivity contribution in [3.8, 4) is 0 Å². The Kier molecular flexibility index (Phi) is 1.88. The molecular weight excluding hydrogens is 164 g/mol. The normalized spacial score (nSPS) is 30.3. The van der Waals surface area contributed by atoms with Gasteiger partial charge in [-0.2, -0.15) is 0 Å². The molecule has 1 atom stereocenters. The number of carbonyl (C=O) groups excluding carboxylic acids is 1. The van der Waals surface area contributed by atoms with Gasteiger partial charge in [-0.1, -0.05) is 0 Å². The predicted molar refractivity (Wildman–Crippen MR) is 51.3 cm³/mol. The monoisotopic (exact) mass is 182 g/mol. The van der Waals surface area contributed by atoms with Crippen LogP contribution in [0.5, 0.6) is 0 Å². The van der Waals surface area contributed by atoms with Crippen LogP contribution >= 0.6 is 0 Å². The number of carbonyl (C=O) groups is 1. The van der Waals surface area contributed by atoms with Crippen LogP contribution in [0.4, 0.5) is 0 Å². The molecular formula is C10H18N2O. The largest absolute Gasteiger partial charge is 0.354 e. The average Bonchev–Trinajstić information content (AvgIpc) is 2.60. The fourth-order valence-electron chi connectivity index (χ4n) is 2.48. The highest BCUT2D eigenvalue weighted by atomic mass is 16.2. The second-order valence-electron chi connectivity index (χ2n) is 4.95. The Bertz CT molecular complexity index is 231. The molecule has 1 unspecified atom stereocenters. The smallest absolute Gasteiger partial charge is 0.223 e. The van der Waals surface area contributed by atoms with Crippen LogP contribution in [0.3, 0.4) is 0 Å². The Balaban J connectivity index is 1.83. The molecule has 3 nitrogen and oxygen atoms in total. The summed E-state index contributed by atoms with van der Waals surface area (Å²) in [6.45, 7) is 6.26. The summed E-state index contributed by atoms with van der Waals surface area (Å²) in [5.41, 5.74) is 0.383. The summed E-state index contributed by atoms with van der Waals surface area (Å²) in [6, 6.07) is 0.281. The third-order valence-electron chi connectivity index (χ3n) is 3.11. The number of hydrogen-bond acceptors (Lipinski definition) is 2. The highest BCUT2D eigenvalue weighted by Crippen LogP contribution is 2.58. The topological polar surface area (TPSA) is 32.3 Å². The van der Waals surface area contributed by atoms with Gasteiger partial charge in [0.1, 0.15) is 0 Å². The summed E-state index contributed by atoms with van der Waals surface area (Å²) in [4.78, 5) is 13.9. The summed E-state index contributed by atoms with van der Waals surface area (Å²) in [5.74, 6) is 0.578. The second kappa shape index (κ2) is 2.71. The molecule has 2 aliphatic rings. The van der Waals surface area contributed by atoms with Gasteiger partial charge in [-0.05, 0) is 27.3 Å². The van der Waals surface area contributed by atoms with Crippen molar-refractivity contribution in [3.63, 3.8) is 0 Å². The maximum atomic E-state index is 11.6. The van der Waals surface area contributed by atoms with Crippen molar-refractivity contribution in [1.82, 2.24) is 10.2 Å². The van der Waals surface area contributed by atoms with Gasteiger partial charge in [-0.15, -0.1) is 0 Å². The van der Waals surface area contributed by atoms with Crippen molar-refractivity contribution >= 4 is 5.91 Å². The molecule has 1 aliphatic heterocycles. The lowest BCUT2D eigenvalue weighted by Gasteiger charge is -2.37. The second-order valence-corrected chi connectivity index (χ2v) is 4.95. The average molecular weight is 182 g/mol. The zero-order valence-electron chi connectivity index (χ0n) is 8.63. The number of likely N-dealkylation sites (tertiary alicyclic amines) is 1. The lowest BCUT2D eigenvalue weighted by molar-refractivity contribution is -0.124. The minimum atomic E-state index is 0.267. The molecule has 3 heteroatoms. The molecule has 0 bridgehead atoms. The lowest BCUT2D eigenvalue weighted by atomic mass is 9.94. The zero-order valence-corrected chi connectivity index (χ0v) is 8.63. The molecule has 2 rings (SSSR count). The molecule has 1 heterocycles. The molecule has 1 saturated carbocycles. The van der Waals surface area contributed by atoms with Gasteiger partial charge in [-0.25, -0.2) is 0 Å². The molecule has 1 N–H and O–H groups in total. The molecule has 0 aromatic heterocycles. The van der Waals surface area contributed by atoms with Crippen molar-refractivity contribution in [2.45, 2.75) is 26.3 Å². The number of rotatable bonds is 2. The van der Waals surface area contributed by atoms with Crippen molar-refractivity contribution < 1.29 is 4.79 Å². The molecule has 13 heavy (non-hydrogen) atoms. The standard InChI is InChI=1S/C10H18N2O/c1-7(2)11-9(13)8-4-10(8)5-12(3)6-10/h7-8H,4-6H2,1-3H3,(H,11,13). The molecule has 0 aromatic rings. The molecule has 0 radical (unpaired) electrons. The SMILES string of the molecule is CC(C)NC(=O)C1CC12CN(C)C2. The van der Waals surface area contributed by atoms with Crippen LogP contribution in [0.15, 0.2) is 0 Å². The number of nitrogens with one attached hydrogen (secondary N) is 1. The lowest BCUT2D eigenvalue weighted by Crippen LogP contribution is -2.48. The van der Waals surface area contributed by atoms with Gasteiger partial charge in [0.25, 0.3) is 0 Å². The molecule has 2 fully saturated rings. The van der Waals surface area contributed by atoms with Crippen molar-refractivity contribution in [2.75, 3.05) is 20.1 Å². The van der Waals surface area contributed by atoms with E-state index >= 15 is 0 Å². The highest BCUT2D eigenvalue weighted by molar-refractivity contribution is 5.83. The summed E-state index contributed by atoms with van der Waals surface area (Å²) in [6.07, 6.45) is 1.11. The quantitative estimate of drug-likeness (QED) is 0.673. The fourth-order valence-corrected chi connectivity index (χ4v) is 2.48. The van der Waals surface area contributed by atoms with E-state index < -0.39 is 0 Å². The first kappa shape index (κ1) is 9.00. The maximum Gasteiger partial charge on any atom is 0.223 e. The maximum absolute atomic E-state index is 11.6. The van der Waals surface area contributed by atoms with Crippen LogP contribution < -0.4 is 5.32 Å². The Labute approximate surface area is 79.5 Å². The summed E-state index contributed by atoms with van der Waals surface area (Å²) >= 11 is 0. The third-order valence-corrected chi connectivity index (χ3v) is 3.11. The van der Waals surface area contributed by atoms with E-state index in [1.807, 2.05) is 13.8 Å². The van der Waals surface area contributed by atoms with Gasteiger partial charge in [0.2, 0.25) is 5.91 Å². The van der Waals surface area contributed by atoms with E-state index in [1.165, 1.54) is 0 Å². The minimum Gasteiger partial charge on any atom is -0.354 e. The Morgan fingerprint density at radius 2 is 2.15 bits per heavy atom. The minimum absolute atomic E-state index is 0.267. The first-order valence-electron chi connectivity index (χ1n) is 5.02. The van der Waals surface area contributed by atoms with Crippen molar-refractivity contribution in [3.05, 3.63) is 0 Å². The Morgan fingerprint density at radius 3 is 2.62 bits per heavy atom. The molecule has 1 aliphatic carbocycles. The van der Waals surface area contributed by atoms with E-state index in [-0.39, 0.29) is 11.9 Å². The Morgan fingerprint density at radius 1 is 1.54 bits per heavy atom. The van der Waals surface area contributed by atoms with Crippen LogP contribution in [-0.2, 0) is 4.79 Å². The van der Waals surface area contributed by atoms with E-state index in [2.05, 4.69) is 17.3 Å². The third kappa shape index (κ3) is 1.46. The van der Waals surface area contributed by atoms with Gasteiger partial charge >= 0.3 is 0 Å². The van der Waals surface area contributed by atoms with Crippen LogP contribution in [0.25, 0.3) is 0 Å². The number of hydrogen-bond donors (Lipinski definition) is 1. The van der Waals surface area contributed by atoms with Crippen molar-refractivity contribution in [1.29, 1.82) is 0 Å². The molecule has 0 aromatic carbocycles.